The van der Waals surface area contributed by atoms with E-state index in [1.165, 1.54) is 24.1 Å². The van der Waals surface area contributed by atoms with Crippen LogP contribution in [0.15, 0.2) is 35.7 Å². The molecular weight excluding hydrogens is 289 g/mol. The van der Waals surface area contributed by atoms with Gasteiger partial charge in [-0.2, -0.15) is 0 Å². The van der Waals surface area contributed by atoms with Gasteiger partial charge < -0.3 is 10.1 Å². The van der Waals surface area contributed by atoms with E-state index in [2.05, 4.69) is 23.0 Å². The third kappa shape index (κ3) is 3.89. The quantitative estimate of drug-likeness (QED) is 0.822. The van der Waals surface area contributed by atoms with Crippen LogP contribution in [-0.2, 0) is 11.3 Å². The minimum absolute atomic E-state index is 0.0356. The van der Waals surface area contributed by atoms with Gasteiger partial charge in [-0.3, -0.25) is 0 Å². The summed E-state index contributed by atoms with van der Waals surface area (Å²) < 4.78 is 18.4. The average molecular weight is 307 g/mol. The summed E-state index contributed by atoms with van der Waals surface area (Å²) in [6.07, 6.45) is 0.962. The molecule has 0 aliphatic carbocycles. The minimum Gasteiger partial charge on any atom is -0.465 e. The van der Waals surface area contributed by atoms with Crippen LogP contribution in [0.25, 0.3) is 0 Å². The van der Waals surface area contributed by atoms with Gasteiger partial charge in [-0.1, -0.05) is 19.1 Å². The number of benzene rings is 1. The van der Waals surface area contributed by atoms with E-state index >= 15 is 0 Å². The van der Waals surface area contributed by atoms with Gasteiger partial charge in [0.15, 0.2) is 0 Å². The number of ether oxygens (including phenoxy) is 1. The van der Waals surface area contributed by atoms with Gasteiger partial charge in [-0.15, -0.1) is 11.3 Å². The van der Waals surface area contributed by atoms with Crippen molar-refractivity contribution in [3.8, 4) is 0 Å². The summed E-state index contributed by atoms with van der Waals surface area (Å²) in [5, 5.41) is 5.45. The monoisotopic (exact) mass is 307 g/mol. The molecule has 1 N–H and O–H groups in total. The Morgan fingerprint density at radius 3 is 2.81 bits per heavy atom. The molecule has 21 heavy (non-hydrogen) atoms. The van der Waals surface area contributed by atoms with Crippen molar-refractivity contribution < 1.29 is 13.9 Å². The molecule has 2 aromatic rings. The predicted molar refractivity (Wildman–Crippen MR) is 81.9 cm³/mol. The van der Waals surface area contributed by atoms with E-state index in [0.717, 1.165) is 12.0 Å². The molecular formula is C16H18FNO2S. The van der Waals surface area contributed by atoms with Gasteiger partial charge in [0.25, 0.3) is 0 Å². The van der Waals surface area contributed by atoms with E-state index in [9.17, 15) is 9.18 Å². The third-order valence-corrected chi connectivity index (χ3v) is 4.27. The first-order chi connectivity index (χ1) is 10.2. The highest BCUT2D eigenvalue weighted by molar-refractivity contribution is 7.10. The van der Waals surface area contributed by atoms with Gasteiger partial charge in [0, 0.05) is 17.5 Å². The van der Waals surface area contributed by atoms with Crippen molar-refractivity contribution in [2.45, 2.75) is 25.9 Å². The Balaban J connectivity index is 2.03. The Bertz CT molecular complexity index is 598. The lowest BCUT2D eigenvalue weighted by atomic mass is 10.1. The maximum Gasteiger partial charge on any atom is 0.340 e. The van der Waals surface area contributed by atoms with Crippen molar-refractivity contribution in [1.82, 2.24) is 5.32 Å². The van der Waals surface area contributed by atoms with Crippen molar-refractivity contribution in [3.05, 3.63) is 57.5 Å². The predicted octanol–water partition coefficient (Wildman–Crippen LogP) is 3.91. The molecule has 5 heteroatoms. The molecule has 0 aliphatic heterocycles. The summed E-state index contributed by atoms with van der Waals surface area (Å²) in [4.78, 5) is 12.6. The molecule has 0 bridgehead atoms. The van der Waals surface area contributed by atoms with Gasteiger partial charge in [-0.05, 0) is 35.6 Å². The number of carbonyl (C=O) groups is 1. The molecule has 0 aliphatic rings. The molecule has 0 saturated heterocycles. The maximum atomic E-state index is 13.8. The van der Waals surface area contributed by atoms with Crippen molar-refractivity contribution in [2.24, 2.45) is 0 Å². The first-order valence-electron chi connectivity index (χ1n) is 6.79. The van der Waals surface area contributed by atoms with Gasteiger partial charge in [0.05, 0.1) is 12.7 Å². The van der Waals surface area contributed by atoms with Crippen LogP contribution < -0.4 is 5.32 Å². The number of methoxy groups -OCH3 is 1. The molecule has 1 atom stereocenters. The van der Waals surface area contributed by atoms with Crippen LogP contribution in [-0.4, -0.2) is 13.1 Å². The molecule has 2 rings (SSSR count). The Labute approximate surface area is 127 Å². The normalized spacial score (nSPS) is 12.1. The molecule has 112 valence electrons. The molecule has 1 heterocycles. The van der Waals surface area contributed by atoms with Crippen LogP contribution in [0.2, 0.25) is 0 Å². The second-order valence-corrected chi connectivity index (χ2v) is 5.64. The fourth-order valence-corrected chi connectivity index (χ4v) is 3.01. The first-order valence-corrected chi connectivity index (χ1v) is 7.67. The van der Waals surface area contributed by atoms with Gasteiger partial charge in [0.2, 0.25) is 0 Å². The zero-order chi connectivity index (χ0) is 15.2. The van der Waals surface area contributed by atoms with Crippen molar-refractivity contribution >= 4 is 17.3 Å². The SMILES string of the molecule is CCC(NCc1ccc(C(=O)OC)c(F)c1)c1cccs1. The van der Waals surface area contributed by atoms with E-state index in [1.54, 1.807) is 17.4 Å². The van der Waals surface area contributed by atoms with E-state index in [4.69, 9.17) is 0 Å². The van der Waals surface area contributed by atoms with E-state index in [0.29, 0.717) is 6.54 Å². The molecule has 1 aromatic heterocycles. The van der Waals surface area contributed by atoms with Crippen molar-refractivity contribution in [2.75, 3.05) is 7.11 Å². The number of rotatable bonds is 6. The molecule has 1 unspecified atom stereocenters. The number of halogens is 1. The summed E-state index contributed by atoms with van der Waals surface area (Å²) in [7, 11) is 1.24. The highest BCUT2D eigenvalue weighted by atomic mass is 32.1. The zero-order valence-electron chi connectivity index (χ0n) is 12.1. The van der Waals surface area contributed by atoms with Gasteiger partial charge in [-0.25, -0.2) is 9.18 Å². The Hall–Kier alpha value is -1.72. The molecule has 3 nitrogen and oxygen atoms in total. The van der Waals surface area contributed by atoms with Crippen LogP contribution in [0.5, 0.6) is 0 Å². The summed E-state index contributed by atoms with van der Waals surface area (Å²) in [5.41, 5.74) is 0.765. The molecule has 0 spiro atoms. The lowest BCUT2D eigenvalue weighted by Crippen LogP contribution is -2.19. The summed E-state index contributed by atoms with van der Waals surface area (Å²) in [6, 6.07) is 8.95. The second-order valence-electron chi connectivity index (χ2n) is 4.66. The number of thiophene rings is 1. The Morgan fingerprint density at radius 1 is 1.43 bits per heavy atom. The third-order valence-electron chi connectivity index (χ3n) is 3.29. The molecule has 0 saturated carbocycles. The van der Waals surface area contributed by atoms with Gasteiger partial charge in [0.1, 0.15) is 5.82 Å². The smallest absolute Gasteiger partial charge is 0.340 e. The molecule has 0 amide bonds. The zero-order valence-corrected chi connectivity index (χ0v) is 12.9. The lowest BCUT2D eigenvalue weighted by molar-refractivity contribution is 0.0595. The maximum absolute atomic E-state index is 13.8. The average Bonchev–Trinajstić information content (AvgIpc) is 3.01. The van der Waals surface area contributed by atoms with Crippen LogP contribution in [0.4, 0.5) is 4.39 Å². The van der Waals surface area contributed by atoms with Crippen LogP contribution in [0.1, 0.15) is 40.2 Å². The standard InChI is InChI=1S/C16H18FNO2S/c1-3-14(15-5-4-8-21-15)18-10-11-6-7-12(13(17)9-11)16(19)20-2/h4-9,14,18H,3,10H2,1-2H3. The molecule has 0 fully saturated rings. The number of esters is 1. The highest BCUT2D eigenvalue weighted by Gasteiger charge is 2.13. The molecule has 0 radical (unpaired) electrons. The van der Waals surface area contributed by atoms with Crippen LogP contribution in [0, 0.1) is 5.82 Å². The van der Waals surface area contributed by atoms with Crippen molar-refractivity contribution in [3.63, 3.8) is 0 Å². The van der Waals surface area contributed by atoms with Crippen LogP contribution in [0.3, 0.4) is 0 Å². The number of hydrogen-bond acceptors (Lipinski definition) is 4. The number of nitrogens with one attached hydrogen (secondary N) is 1. The Morgan fingerprint density at radius 2 is 2.24 bits per heavy atom. The molecule has 1 aromatic carbocycles. The Kier molecular flexibility index (Phi) is 5.47. The van der Waals surface area contributed by atoms with E-state index < -0.39 is 11.8 Å². The highest BCUT2D eigenvalue weighted by Crippen LogP contribution is 2.22. The number of carbonyl (C=O) groups excluding carboxylic acids is 1. The van der Waals surface area contributed by atoms with E-state index in [-0.39, 0.29) is 11.6 Å². The fraction of sp³-hybridized carbons (Fsp3) is 0.312. The first kappa shape index (κ1) is 15.7. The largest absolute Gasteiger partial charge is 0.465 e. The summed E-state index contributed by atoms with van der Waals surface area (Å²) >= 11 is 1.71. The van der Waals surface area contributed by atoms with Crippen molar-refractivity contribution in [1.29, 1.82) is 0 Å². The summed E-state index contributed by atoms with van der Waals surface area (Å²) in [6.45, 7) is 2.66. The second kappa shape index (κ2) is 7.33. The summed E-state index contributed by atoms with van der Waals surface area (Å²) in [5.74, 6) is -1.21. The minimum atomic E-state index is -0.656. The number of hydrogen-bond donors (Lipinski definition) is 1. The topological polar surface area (TPSA) is 38.3 Å². The lowest BCUT2D eigenvalue weighted by Gasteiger charge is -2.15. The van der Waals surface area contributed by atoms with Gasteiger partial charge >= 0.3 is 5.97 Å². The fourth-order valence-electron chi connectivity index (χ4n) is 2.12. The van der Waals surface area contributed by atoms with E-state index in [1.807, 2.05) is 11.4 Å². The van der Waals surface area contributed by atoms with Crippen LogP contribution >= 0.6 is 11.3 Å².